The summed E-state index contributed by atoms with van der Waals surface area (Å²) in [6.45, 7) is 10.8. The Hall–Kier alpha value is -1.42. The van der Waals surface area contributed by atoms with Gasteiger partial charge < -0.3 is 9.84 Å². The van der Waals surface area contributed by atoms with E-state index in [1.165, 1.54) is 18.4 Å². The Kier molecular flexibility index (Phi) is 5.10. The van der Waals surface area contributed by atoms with Gasteiger partial charge in [-0.3, -0.25) is 4.79 Å². The third kappa shape index (κ3) is 2.83. The third-order valence-electron chi connectivity index (χ3n) is 11.3. The minimum absolute atomic E-state index is 0.0245. The van der Waals surface area contributed by atoms with E-state index in [1.54, 1.807) is 6.08 Å². The molecule has 0 spiro atoms. The average molecular weight is 441 g/mol. The molecule has 176 valence electrons. The van der Waals surface area contributed by atoms with E-state index in [0.29, 0.717) is 30.1 Å². The minimum atomic E-state index is -0.878. The zero-order chi connectivity index (χ0) is 23.1. The average Bonchev–Trinajstić information content (AvgIpc) is 3.10. The Balaban J connectivity index is 1.40. The molecule has 0 amide bonds. The molecule has 1 N–H and O–H groups in total. The summed E-state index contributed by atoms with van der Waals surface area (Å²) < 4.78 is 5.91. The van der Waals surface area contributed by atoms with E-state index in [-0.39, 0.29) is 29.2 Å². The second-order valence-corrected chi connectivity index (χ2v) is 12.3. The zero-order valence-electron chi connectivity index (χ0n) is 20.4. The maximum absolute atomic E-state index is 13.1. The van der Waals surface area contributed by atoms with E-state index in [1.807, 2.05) is 13.0 Å². The molecule has 1 aliphatic heterocycles. The van der Waals surface area contributed by atoms with Gasteiger partial charge in [0.1, 0.15) is 6.10 Å². The summed E-state index contributed by atoms with van der Waals surface area (Å²) in [5.41, 5.74) is 0.644. The van der Waals surface area contributed by atoms with Crippen LogP contribution in [0.4, 0.5) is 0 Å². The first kappa shape index (κ1) is 22.4. The van der Waals surface area contributed by atoms with Crippen LogP contribution in [0.1, 0.15) is 86.0 Å². The molecule has 0 saturated heterocycles. The fraction of sp³-hybridized carbons (Fsp3) is 0.786. The van der Waals surface area contributed by atoms with E-state index in [4.69, 9.17) is 4.74 Å². The van der Waals surface area contributed by atoms with Crippen LogP contribution in [0.15, 0.2) is 23.3 Å². The number of ketones is 1. The molecule has 9 atom stereocenters. The Morgan fingerprint density at radius 1 is 1.06 bits per heavy atom. The van der Waals surface area contributed by atoms with E-state index in [9.17, 15) is 14.7 Å². The Bertz CT molecular complexity index is 901. The number of carbonyl (C=O) groups excluding carboxylic acids is 2. The molecule has 4 heteroatoms. The van der Waals surface area contributed by atoms with Crippen molar-refractivity contribution in [3.8, 4) is 0 Å². The first-order chi connectivity index (χ1) is 15.0. The zero-order valence-corrected chi connectivity index (χ0v) is 20.4. The smallest absolute Gasteiger partial charge is 0.333 e. The molecule has 5 rings (SSSR count). The van der Waals surface area contributed by atoms with Crippen molar-refractivity contribution >= 4 is 11.8 Å². The van der Waals surface area contributed by atoms with Crippen LogP contribution in [0, 0.1) is 40.4 Å². The van der Waals surface area contributed by atoms with E-state index in [0.717, 1.165) is 37.7 Å². The van der Waals surface area contributed by atoms with Gasteiger partial charge in [0.25, 0.3) is 0 Å². The Morgan fingerprint density at radius 2 is 1.81 bits per heavy atom. The highest BCUT2D eigenvalue weighted by Crippen LogP contribution is 2.68. The summed E-state index contributed by atoms with van der Waals surface area (Å²) in [6.07, 6.45) is 11.3. The summed E-state index contributed by atoms with van der Waals surface area (Å²) in [7, 11) is 0. The lowest BCUT2D eigenvalue weighted by Crippen LogP contribution is -2.64. The van der Waals surface area contributed by atoms with E-state index < -0.39 is 11.0 Å². The molecule has 0 aromatic heterocycles. The molecule has 32 heavy (non-hydrogen) atoms. The van der Waals surface area contributed by atoms with Crippen molar-refractivity contribution in [2.75, 3.05) is 0 Å². The molecule has 5 aliphatic rings. The molecule has 0 aromatic carbocycles. The lowest BCUT2D eigenvalue weighted by Gasteiger charge is -2.61. The van der Waals surface area contributed by atoms with Crippen LogP contribution in [0.2, 0.25) is 0 Å². The molecule has 4 nitrogen and oxygen atoms in total. The number of fused-ring (bicyclic) bond motifs is 5. The van der Waals surface area contributed by atoms with Crippen molar-refractivity contribution in [2.45, 2.75) is 97.7 Å². The van der Waals surface area contributed by atoms with Gasteiger partial charge in [-0.2, -0.15) is 0 Å². The minimum Gasteiger partial charge on any atom is -0.458 e. The van der Waals surface area contributed by atoms with Crippen LogP contribution in [-0.2, 0) is 14.3 Å². The SMILES string of the molecule is CC1=C(C)C(=O)OC([C@@H](C)[C@H]2CC[C@H]3[C@@H]4CCC5(O)CC=CC(=O)[C@]5(C)[C@H]4CC[C@]23C)C1. The van der Waals surface area contributed by atoms with Crippen molar-refractivity contribution in [1.29, 1.82) is 0 Å². The van der Waals surface area contributed by atoms with Crippen LogP contribution >= 0.6 is 0 Å². The number of cyclic esters (lactones) is 1. The van der Waals surface area contributed by atoms with Gasteiger partial charge in [0.05, 0.1) is 11.0 Å². The second-order valence-electron chi connectivity index (χ2n) is 12.3. The number of allylic oxidation sites excluding steroid dienone is 1. The van der Waals surface area contributed by atoms with Gasteiger partial charge in [0.15, 0.2) is 5.78 Å². The lowest BCUT2D eigenvalue weighted by atomic mass is 9.43. The first-order valence-corrected chi connectivity index (χ1v) is 12.8. The first-order valence-electron chi connectivity index (χ1n) is 12.8. The van der Waals surface area contributed by atoms with Crippen LogP contribution in [0.3, 0.4) is 0 Å². The van der Waals surface area contributed by atoms with Gasteiger partial charge in [-0.05, 0) is 107 Å². The third-order valence-corrected chi connectivity index (χ3v) is 11.3. The predicted molar refractivity (Wildman–Crippen MR) is 124 cm³/mol. The quantitative estimate of drug-likeness (QED) is 0.585. The Morgan fingerprint density at radius 3 is 2.53 bits per heavy atom. The number of hydrogen-bond donors (Lipinski definition) is 1. The summed E-state index contributed by atoms with van der Waals surface area (Å²) in [5.74, 6) is 2.23. The van der Waals surface area contributed by atoms with Crippen LogP contribution < -0.4 is 0 Å². The molecule has 0 aromatic rings. The van der Waals surface area contributed by atoms with Gasteiger partial charge in [0, 0.05) is 12.0 Å². The van der Waals surface area contributed by atoms with Crippen LogP contribution in [0.5, 0.6) is 0 Å². The maximum atomic E-state index is 13.1. The fourth-order valence-electron chi connectivity index (χ4n) is 9.03. The molecule has 0 bridgehead atoms. The summed E-state index contributed by atoms with van der Waals surface area (Å²) >= 11 is 0. The van der Waals surface area contributed by atoms with Gasteiger partial charge in [0.2, 0.25) is 0 Å². The molecule has 1 heterocycles. The summed E-state index contributed by atoms with van der Waals surface area (Å²) in [4.78, 5) is 25.5. The highest BCUT2D eigenvalue weighted by molar-refractivity contribution is 5.97. The number of aliphatic hydroxyl groups is 1. The van der Waals surface area contributed by atoms with Crippen molar-refractivity contribution in [3.63, 3.8) is 0 Å². The van der Waals surface area contributed by atoms with Crippen molar-refractivity contribution in [3.05, 3.63) is 23.3 Å². The molecular weight excluding hydrogens is 400 g/mol. The molecule has 3 saturated carbocycles. The second kappa shape index (κ2) is 7.29. The fourth-order valence-corrected chi connectivity index (χ4v) is 9.03. The van der Waals surface area contributed by atoms with Gasteiger partial charge >= 0.3 is 5.97 Å². The van der Waals surface area contributed by atoms with Crippen LogP contribution in [-0.4, -0.2) is 28.6 Å². The molecule has 0 radical (unpaired) electrons. The van der Waals surface area contributed by atoms with Crippen molar-refractivity contribution < 1.29 is 19.4 Å². The number of esters is 1. The maximum Gasteiger partial charge on any atom is 0.333 e. The van der Waals surface area contributed by atoms with Gasteiger partial charge in [-0.15, -0.1) is 0 Å². The number of carbonyl (C=O) groups is 2. The van der Waals surface area contributed by atoms with Gasteiger partial charge in [-0.25, -0.2) is 4.79 Å². The standard InChI is InChI=1S/C28H40O4/c1-16-15-23(32-25(30)17(16)2)18(3)20-8-9-21-19-10-14-28(31)12-6-7-24(29)27(28,5)22(19)11-13-26(20,21)4/h6-7,18-23,31H,8-15H2,1-5H3/t18-,19-,20+,21-,22-,23?,26+,27-,28?/m0/s1. The summed E-state index contributed by atoms with van der Waals surface area (Å²) in [5, 5.41) is 11.5. The van der Waals surface area contributed by atoms with E-state index >= 15 is 0 Å². The monoisotopic (exact) mass is 440 g/mol. The Labute approximate surface area is 192 Å². The molecule has 2 unspecified atom stereocenters. The molecular formula is C28H40O4. The molecule has 4 aliphatic carbocycles. The number of rotatable bonds is 2. The topological polar surface area (TPSA) is 63.6 Å². The molecule has 3 fully saturated rings. The largest absolute Gasteiger partial charge is 0.458 e. The lowest BCUT2D eigenvalue weighted by molar-refractivity contribution is -0.192. The number of hydrogen-bond acceptors (Lipinski definition) is 4. The van der Waals surface area contributed by atoms with E-state index in [2.05, 4.69) is 27.7 Å². The summed E-state index contributed by atoms with van der Waals surface area (Å²) in [6, 6.07) is 0. The predicted octanol–water partition coefficient (Wildman–Crippen LogP) is 5.39. The highest BCUT2D eigenvalue weighted by atomic mass is 16.5. The van der Waals surface area contributed by atoms with Gasteiger partial charge in [-0.1, -0.05) is 25.5 Å². The van der Waals surface area contributed by atoms with Crippen molar-refractivity contribution in [2.24, 2.45) is 40.4 Å². The highest BCUT2D eigenvalue weighted by Gasteiger charge is 2.66. The normalized spacial score (nSPS) is 49.2. The van der Waals surface area contributed by atoms with Crippen LogP contribution in [0.25, 0.3) is 0 Å². The number of ether oxygens (including phenoxy) is 1. The van der Waals surface area contributed by atoms with Crippen molar-refractivity contribution in [1.82, 2.24) is 0 Å².